The van der Waals surface area contributed by atoms with E-state index in [2.05, 4.69) is 37.4 Å². The summed E-state index contributed by atoms with van der Waals surface area (Å²) >= 11 is 0. The second kappa shape index (κ2) is 4.95. The number of fused-ring (bicyclic) bond motifs is 1. The third kappa shape index (κ3) is 2.15. The summed E-state index contributed by atoms with van der Waals surface area (Å²) in [6.07, 6.45) is 7.28. The van der Waals surface area contributed by atoms with Gasteiger partial charge >= 0.3 is 0 Å². The highest BCUT2D eigenvalue weighted by atomic mass is 14.9. The highest BCUT2D eigenvalue weighted by Gasteiger charge is 2.32. The lowest BCUT2D eigenvalue weighted by Gasteiger charge is -2.31. The lowest BCUT2D eigenvalue weighted by Crippen LogP contribution is -2.23. The van der Waals surface area contributed by atoms with E-state index < -0.39 is 0 Å². The Morgan fingerprint density at radius 1 is 1.17 bits per heavy atom. The fourth-order valence-electron chi connectivity index (χ4n) is 3.94. The summed E-state index contributed by atoms with van der Waals surface area (Å²) in [5.74, 6) is 2.53. The van der Waals surface area contributed by atoms with Crippen LogP contribution in [0.2, 0.25) is 0 Å². The molecule has 1 aromatic carbocycles. The van der Waals surface area contributed by atoms with Gasteiger partial charge in [0.1, 0.15) is 0 Å². The molecule has 18 heavy (non-hydrogen) atoms. The fraction of sp³-hybridized carbons (Fsp3) is 0.647. The maximum absolute atomic E-state index is 3.60. The van der Waals surface area contributed by atoms with Crippen molar-refractivity contribution in [2.45, 2.75) is 51.9 Å². The molecule has 1 nitrogen and oxygen atoms in total. The lowest BCUT2D eigenvalue weighted by molar-refractivity contribution is 0.238. The predicted octanol–water partition coefficient (Wildman–Crippen LogP) is 4.72. The van der Waals surface area contributed by atoms with E-state index in [1.165, 1.54) is 43.4 Å². The molecule has 1 N–H and O–H groups in total. The normalized spacial score (nSPS) is 25.6. The van der Waals surface area contributed by atoms with E-state index in [1.807, 2.05) is 0 Å². The highest BCUT2D eigenvalue weighted by molar-refractivity contribution is 5.59. The molecule has 1 heteroatoms. The predicted molar refractivity (Wildman–Crippen MR) is 78.1 cm³/mol. The monoisotopic (exact) mass is 243 g/mol. The Morgan fingerprint density at radius 2 is 1.94 bits per heavy atom. The molecule has 1 saturated carbocycles. The van der Waals surface area contributed by atoms with E-state index in [9.17, 15) is 0 Å². The number of rotatable bonds is 2. The van der Waals surface area contributed by atoms with Crippen molar-refractivity contribution in [2.24, 2.45) is 11.8 Å². The van der Waals surface area contributed by atoms with Crippen LogP contribution in [-0.2, 0) is 0 Å². The van der Waals surface area contributed by atoms with Gasteiger partial charge in [-0.1, -0.05) is 56.7 Å². The fourth-order valence-corrected chi connectivity index (χ4v) is 3.94. The van der Waals surface area contributed by atoms with Crippen LogP contribution in [0.1, 0.15) is 56.1 Å². The minimum absolute atomic E-state index is 0.739. The summed E-state index contributed by atoms with van der Waals surface area (Å²) in [7, 11) is 0. The second-order valence-electron chi connectivity index (χ2n) is 6.34. The summed E-state index contributed by atoms with van der Waals surface area (Å²) in [4.78, 5) is 0. The van der Waals surface area contributed by atoms with Gasteiger partial charge in [0.25, 0.3) is 0 Å². The van der Waals surface area contributed by atoms with Crippen molar-refractivity contribution in [3.05, 3.63) is 29.3 Å². The van der Waals surface area contributed by atoms with Gasteiger partial charge in [0, 0.05) is 18.2 Å². The third-order valence-electron chi connectivity index (χ3n) is 5.15. The van der Waals surface area contributed by atoms with Crippen molar-refractivity contribution in [1.82, 2.24) is 0 Å². The number of hydrogen-bond acceptors (Lipinski definition) is 1. The number of benzene rings is 1. The average Bonchev–Trinajstić information content (AvgIpc) is 2.82. The van der Waals surface area contributed by atoms with Crippen molar-refractivity contribution in [3.8, 4) is 0 Å². The Kier molecular flexibility index (Phi) is 3.32. The van der Waals surface area contributed by atoms with Gasteiger partial charge in [-0.25, -0.2) is 0 Å². The van der Waals surface area contributed by atoms with Gasteiger partial charge in [-0.3, -0.25) is 0 Å². The van der Waals surface area contributed by atoms with E-state index >= 15 is 0 Å². The van der Waals surface area contributed by atoms with E-state index in [0.29, 0.717) is 0 Å². The Hall–Kier alpha value is -0.980. The number of anilines is 1. The molecule has 2 aliphatic rings. The second-order valence-corrected chi connectivity index (χ2v) is 6.34. The zero-order valence-corrected chi connectivity index (χ0v) is 11.7. The zero-order chi connectivity index (χ0) is 12.5. The number of nitrogens with one attached hydrogen (secondary N) is 1. The molecule has 0 aromatic heterocycles. The van der Waals surface area contributed by atoms with E-state index in [-0.39, 0.29) is 0 Å². The molecule has 2 atom stereocenters. The first kappa shape index (κ1) is 12.1. The van der Waals surface area contributed by atoms with Crippen molar-refractivity contribution in [2.75, 3.05) is 11.9 Å². The zero-order valence-electron chi connectivity index (χ0n) is 11.7. The molecular formula is C17H25N. The van der Waals surface area contributed by atoms with Gasteiger partial charge < -0.3 is 5.32 Å². The molecule has 1 heterocycles. The van der Waals surface area contributed by atoms with Crippen molar-refractivity contribution >= 4 is 5.69 Å². The van der Waals surface area contributed by atoms with E-state index in [4.69, 9.17) is 0 Å². The standard InChI is InChI=1S/C17H25N/c1-12-8-9-17-15(10-12)16(11-18-17)13(2)14-6-4-3-5-7-14/h8-10,13-14,16,18H,3-7,11H2,1-2H3. The van der Waals surface area contributed by atoms with Crippen molar-refractivity contribution in [1.29, 1.82) is 0 Å². The Morgan fingerprint density at radius 3 is 2.72 bits per heavy atom. The summed E-state index contributed by atoms with van der Waals surface area (Å²) in [5.41, 5.74) is 4.36. The Balaban J connectivity index is 1.80. The molecule has 98 valence electrons. The van der Waals surface area contributed by atoms with Crippen LogP contribution in [0.15, 0.2) is 18.2 Å². The van der Waals surface area contributed by atoms with Crippen LogP contribution in [0.25, 0.3) is 0 Å². The maximum atomic E-state index is 3.60. The van der Waals surface area contributed by atoms with Crippen LogP contribution in [0.5, 0.6) is 0 Å². The first-order valence-corrected chi connectivity index (χ1v) is 7.60. The topological polar surface area (TPSA) is 12.0 Å². The average molecular weight is 243 g/mol. The summed E-state index contributed by atoms with van der Waals surface area (Å²) in [6, 6.07) is 6.89. The molecule has 1 aliphatic carbocycles. The molecule has 2 unspecified atom stereocenters. The van der Waals surface area contributed by atoms with Crippen LogP contribution in [0.4, 0.5) is 5.69 Å². The quantitative estimate of drug-likeness (QED) is 0.792. The third-order valence-corrected chi connectivity index (χ3v) is 5.15. The highest BCUT2D eigenvalue weighted by Crippen LogP contribution is 2.43. The van der Waals surface area contributed by atoms with Crippen molar-refractivity contribution in [3.63, 3.8) is 0 Å². The molecule has 0 bridgehead atoms. The van der Waals surface area contributed by atoms with Crippen LogP contribution >= 0.6 is 0 Å². The summed E-state index contributed by atoms with van der Waals surface area (Å²) in [6.45, 7) is 5.84. The van der Waals surface area contributed by atoms with Gasteiger partial charge in [-0.05, 0) is 30.4 Å². The molecular weight excluding hydrogens is 218 g/mol. The van der Waals surface area contributed by atoms with Crippen molar-refractivity contribution < 1.29 is 0 Å². The number of aryl methyl sites for hydroxylation is 1. The Labute approximate surface area is 111 Å². The maximum Gasteiger partial charge on any atom is 0.0376 e. The van der Waals surface area contributed by atoms with Crippen LogP contribution in [-0.4, -0.2) is 6.54 Å². The largest absolute Gasteiger partial charge is 0.384 e. The SMILES string of the molecule is Cc1ccc2c(c1)C(C(C)C1CCCCC1)CN2. The van der Waals surface area contributed by atoms with Gasteiger partial charge in [0.15, 0.2) is 0 Å². The van der Waals surface area contributed by atoms with Gasteiger partial charge in [-0.15, -0.1) is 0 Å². The minimum atomic E-state index is 0.739. The van der Waals surface area contributed by atoms with Crippen LogP contribution in [0, 0.1) is 18.8 Å². The van der Waals surface area contributed by atoms with Gasteiger partial charge in [-0.2, -0.15) is 0 Å². The minimum Gasteiger partial charge on any atom is -0.384 e. The van der Waals surface area contributed by atoms with Gasteiger partial charge in [0.05, 0.1) is 0 Å². The smallest absolute Gasteiger partial charge is 0.0376 e. The lowest BCUT2D eigenvalue weighted by atomic mass is 9.73. The molecule has 1 fully saturated rings. The molecule has 0 amide bonds. The first-order chi connectivity index (χ1) is 8.75. The van der Waals surface area contributed by atoms with E-state index in [0.717, 1.165) is 24.3 Å². The molecule has 3 rings (SSSR count). The molecule has 0 saturated heterocycles. The molecule has 0 spiro atoms. The molecule has 0 radical (unpaired) electrons. The first-order valence-electron chi connectivity index (χ1n) is 7.60. The molecule has 1 aromatic rings. The van der Waals surface area contributed by atoms with E-state index in [1.54, 1.807) is 5.56 Å². The Bertz CT molecular complexity index is 418. The molecule has 1 aliphatic heterocycles. The van der Waals surface area contributed by atoms with Crippen LogP contribution < -0.4 is 5.32 Å². The summed E-state index contributed by atoms with van der Waals surface area (Å²) in [5, 5.41) is 3.60. The van der Waals surface area contributed by atoms with Crippen LogP contribution in [0.3, 0.4) is 0 Å². The number of hydrogen-bond donors (Lipinski definition) is 1. The van der Waals surface area contributed by atoms with Gasteiger partial charge in [0.2, 0.25) is 0 Å². The summed E-state index contributed by atoms with van der Waals surface area (Å²) < 4.78 is 0.